The summed E-state index contributed by atoms with van der Waals surface area (Å²) in [6.45, 7) is 35.0. The van der Waals surface area contributed by atoms with Crippen molar-refractivity contribution in [1.82, 2.24) is 98.4 Å². The summed E-state index contributed by atoms with van der Waals surface area (Å²) in [7, 11) is -15.6. The number of alkyl halides is 4. The van der Waals surface area contributed by atoms with Crippen LogP contribution in [0.1, 0.15) is 163 Å². The minimum absolute atomic E-state index is 0.0000513. The fraction of sp³-hybridized carbons (Fsp3) is 0.684. The number of aromatic nitrogens is 16. The molecule has 752 valence electrons. The van der Waals surface area contributed by atoms with E-state index >= 15 is 0 Å². The topological polar surface area (TPSA) is 648 Å². The van der Waals surface area contributed by atoms with Crippen molar-refractivity contribution < 1.29 is 130 Å². The van der Waals surface area contributed by atoms with E-state index in [1.807, 2.05) is 27.7 Å². The van der Waals surface area contributed by atoms with Gasteiger partial charge in [0.2, 0.25) is 47.3 Å². The Hall–Kier alpha value is -8.08. The number of ether oxygens (including phenoxy) is 12. The summed E-state index contributed by atoms with van der Waals surface area (Å²) >= 11 is 27.7. The Morgan fingerprint density at radius 3 is 0.713 bits per heavy atom. The fourth-order valence-electron chi connectivity index (χ4n) is 15.5. The lowest BCUT2D eigenvalue weighted by atomic mass is 10.0. The Kier molecular flexibility index (Phi) is 32.2. The maximum absolute atomic E-state index is 13.3. The van der Waals surface area contributed by atoms with Gasteiger partial charge in [0, 0.05) is 0 Å². The van der Waals surface area contributed by atoms with E-state index in [1.165, 1.54) is 53.0 Å². The first-order valence-corrected chi connectivity index (χ1v) is 51.0. The van der Waals surface area contributed by atoms with Crippen molar-refractivity contribution >= 4 is 170 Å². The second-order valence-electron chi connectivity index (χ2n) is 33.9. The number of carbonyl (C=O) groups excluding carboxylic acids is 4. The molecule has 0 aromatic carbocycles. The van der Waals surface area contributed by atoms with Crippen LogP contribution in [0.3, 0.4) is 0 Å². The number of nitrogens with one attached hydrogen (secondary N) is 4. The Morgan fingerprint density at radius 2 is 0.544 bits per heavy atom. The maximum Gasteiger partial charge on any atom is 0.406 e. The molecule has 0 spiro atoms. The molecule has 16 heterocycles. The van der Waals surface area contributed by atoms with Crippen molar-refractivity contribution in [3.63, 3.8) is 0 Å². The Balaban J connectivity index is 0.000000153. The van der Waals surface area contributed by atoms with Crippen LogP contribution in [0.4, 0.5) is 23.8 Å². The molecule has 52 nitrogen and oxygen atoms in total. The molecule has 12 N–H and O–H groups in total. The van der Waals surface area contributed by atoms with E-state index in [4.69, 9.17) is 162 Å². The lowest BCUT2D eigenvalue weighted by Gasteiger charge is -2.36. The molecule has 8 aliphatic heterocycles. The van der Waals surface area contributed by atoms with Gasteiger partial charge in [-0.1, -0.05) is 0 Å². The average molecular weight is 2080 g/mol. The largest absolute Gasteiger partial charge is 0.476 e. The van der Waals surface area contributed by atoms with Crippen LogP contribution in [0.25, 0.3) is 44.7 Å². The molecule has 16 rings (SSSR count). The third kappa shape index (κ3) is 22.4. The van der Waals surface area contributed by atoms with Crippen molar-refractivity contribution in [3.05, 3.63) is 25.3 Å². The minimum atomic E-state index is -3.90. The normalized spacial score (nSPS) is 32.0. The number of nitrogen functional groups attached to an aromatic ring is 4. The summed E-state index contributed by atoms with van der Waals surface area (Å²) in [5, 5.41) is 10.4. The van der Waals surface area contributed by atoms with Crippen molar-refractivity contribution in [1.29, 1.82) is 0 Å². The SMILES string of the molecule is CCOc1nc(N)nc2c1ncn2[C@@H]1O[C@@H]2COP(=O)(N[C@H](C)C(=O)OC(C)C)O[C@H]2[C@@]1(C)Cl.CCOc1nc(N)nc2c1ncn2[C@@H]1O[C@@H]2COP(=O)(N[C@H](C)C(=O)OC(C)C)O[C@H]2[C@@]1(C)Cl.CCOc1nc(N)nc2c1ncn2[C@@H]1O[C@@H]2CO[P@@](=O)(N[C@H](C)C(=O)OC(C)C)O[C@H]2[C@@]1(C)Cl.CCOc1nc(N)nc2c1ncn2[C@@H]1O[C@@H]2CO[P@](=O)(N[C@H](C)C(=O)OC(C)C)O[C@H]2[C@@]1(C)Cl. The molecule has 8 saturated heterocycles. The van der Waals surface area contributed by atoms with Gasteiger partial charge < -0.3 is 79.8 Å². The summed E-state index contributed by atoms with van der Waals surface area (Å²) in [6.07, 6.45) is -4.56. The van der Waals surface area contributed by atoms with Crippen LogP contribution in [-0.4, -0.2) is 272 Å². The molecule has 8 aliphatic rings. The zero-order chi connectivity index (χ0) is 99.3. The monoisotopic (exact) mass is 2070 g/mol. The second kappa shape index (κ2) is 41.6. The molecule has 0 aliphatic carbocycles. The van der Waals surface area contributed by atoms with E-state index in [9.17, 15) is 37.4 Å². The summed E-state index contributed by atoms with van der Waals surface area (Å²) in [4.78, 5) is 94.5. The first-order chi connectivity index (χ1) is 63.8. The highest BCUT2D eigenvalue weighted by molar-refractivity contribution is 7.52. The van der Waals surface area contributed by atoms with E-state index in [2.05, 4.69) is 80.2 Å². The molecule has 24 atom stereocenters. The third-order valence-electron chi connectivity index (χ3n) is 21.4. The Bertz CT molecular complexity index is 5210. The van der Waals surface area contributed by atoms with Gasteiger partial charge in [-0.15, -0.1) is 46.4 Å². The first-order valence-electron chi connectivity index (χ1n) is 43.3. The quantitative estimate of drug-likeness (QED) is 0.00983. The molecule has 0 bridgehead atoms. The highest BCUT2D eigenvalue weighted by atomic mass is 35.5. The number of esters is 4. The van der Waals surface area contributed by atoms with Gasteiger partial charge in [0.1, 0.15) is 92.5 Å². The zero-order valence-electron chi connectivity index (χ0n) is 77.7. The number of imidazole rings is 4. The van der Waals surface area contributed by atoms with Gasteiger partial charge in [-0.2, -0.15) is 39.9 Å². The van der Waals surface area contributed by atoms with Gasteiger partial charge in [0.25, 0.3) is 0 Å². The number of halogens is 4. The van der Waals surface area contributed by atoms with Crippen molar-refractivity contribution in [2.24, 2.45) is 0 Å². The zero-order valence-corrected chi connectivity index (χ0v) is 84.3. The molecular weight excluding hydrogens is 1960 g/mol. The van der Waals surface area contributed by atoms with Crippen LogP contribution in [-0.2, 0) is 112 Å². The predicted molar refractivity (Wildman–Crippen MR) is 485 cm³/mol. The Morgan fingerprint density at radius 1 is 0.360 bits per heavy atom. The van der Waals surface area contributed by atoms with Crippen LogP contribution in [0.5, 0.6) is 23.5 Å². The first kappa shape index (κ1) is 105. The molecule has 8 aromatic heterocycles. The lowest BCUT2D eigenvalue weighted by molar-refractivity contribution is -0.150. The van der Waals surface area contributed by atoms with E-state index in [0.29, 0.717) is 71.1 Å². The molecule has 0 amide bonds. The second-order valence-corrected chi connectivity index (χ2v) is 44.1. The van der Waals surface area contributed by atoms with Crippen molar-refractivity contribution in [2.75, 3.05) is 75.8 Å². The molecule has 60 heteroatoms. The van der Waals surface area contributed by atoms with Crippen LogP contribution >= 0.6 is 77.4 Å². The van der Waals surface area contributed by atoms with E-state index in [1.54, 1.807) is 101 Å². The number of fused-ring (bicyclic) bond motifs is 8. The smallest absolute Gasteiger partial charge is 0.406 e. The van der Waals surface area contributed by atoms with Gasteiger partial charge in [-0.05, 0) is 138 Å². The molecular formula is C76H112Cl4N24O28P4. The van der Waals surface area contributed by atoms with Crippen LogP contribution in [0, 0.1) is 0 Å². The molecule has 0 radical (unpaired) electrons. The fourth-order valence-corrected chi connectivity index (χ4v) is 24.2. The van der Waals surface area contributed by atoms with Gasteiger partial charge in [0.05, 0.1) is 103 Å². The van der Waals surface area contributed by atoms with Gasteiger partial charge >= 0.3 is 54.9 Å². The average Bonchev–Trinajstić information content (AvgIpc) is 1.59. The summed E-state index contributed by atoms with van der Waals surface area (Å²) in [5.41, 5.74) is 26.4. The molecule has 2 unspecified atom stereocenters. The number of nitrogens with two attached hydrogens (primary N) is 4. The highest BCUT2D eigenvalue weighted by Gasteiger charge is 2.65. The minimum Gasteiger partial charge on any atom is -0.476 e. The van der Waals surface area contributed by atoms with E-state index in [0.717, 1.165) is 0 Å². The highest BCUT2D eigenvalue weighted by Crippen LogP contribution is 2.63. The van der Waals surface area contributed by atoms with Gasteiger partial charge in [0.15, 0.2) is 69.6 Å². The van der Waals surface area contributed by atoms with Crippen LogP contribution in [0.2, 0.25) is 0 Å². The Labute approximate surface area is 799 Å². The predicted octanol–water partition coefficient (Wildman–Crippen LogP) is 8.62. The molecule has 8 fully saturated rings. The number of carbonyl (C=O) groups is 4. The van der Waals surface area contributed by atoms with E-state index < -0.39 is 172 Å². The summed E-state index contributed by atoms with van der Waals surface area (Å²) < 4.78 is 172. The molecule has 0 saturated carbocycles. The van der Waals surface area contributed by atoms with Crippen molar-refractivity contribution in [2.45, 2.75) is 280 Å². The number of hydrogen-bond donors (Lipinski definition) is 8. The number of rotatable bonds is 28. The van der Waals surface area contributed by atoms with Crippen LogP contribution < -0.4 is 62.2 Å². The number of anilines is 4. The summed E-state index contributed by atoms with van der Waals surface area (Å²) in [5.74, 6) is -1.36. The maximum atomic E-state index is 13.3. The van der Waals surface area contributed by atoms with E-state index in [-0.39, 0.29) is 98.2 Å². The van der Waals surface area contributed by atoms with Gasteiger partial charge in [-0.25, -0.2) is 58.5 Å². The van der Waals surface area contributed by atoms with Crippen LogP contribution in [0.15, 0.2) is 25.3 Å². The standard InChI is InChI=1S/4C19H28ClN6O7P/c4*1-6-29-15-12-14(23-18(21)24-15)26(8-22-12)17-19(5,20)13-11(32-17)7-30-34(28,33-13)25-10(4)16(27)31-9(2)3/h4*8-11,13,17H,6-7H2,1-5H3,(H,25,28)(H2,21,23,24)/t2*10-,11-,13-,17-,19-,34?;10-,11-,13-,17-,19-,34+;10-,11-,13-,17-,19-,34-/m1111/s1. The summed E-state index contributed by atoms with van der Waals surface area (Å²) in [6, 6.07) is -3.73. The third-order valence-corrected chi connectivity index (χ3v) is 29.8. The number of nitrogens with zero attached hydrogens (tertiary/aromatic N) is 16. The molecule has 8 aromatic rings. The van der Waals surface area contributed by atoms with Gasteiger partial charge in [-0.3, -0.25) is 73.6 Å². The lowest BCUT2D eigenvalue weighted by Crippen LogP contribution is -2.47. The van der Waals surface area contributed by atoms with Crippen molar-refractivity contribution in [3.8, 4) is 23.5 Å². The molecule has 136 heavy (non-hydrogen) atoms. The number of hydrogen-bond acceptors (Lipinski definition) is 44.